The van der Waals surface area contributed by atoms with Crippen LogP contribution in [0.2, 0.25) is 0 Å². The topological polar surface area (TPSA) is 75.7 Å². The van der Waals surface area contributed by atoms with E-state index in [0.29, 0.717) is 37.4 Å². The number of nitrogens with one attached hydrogen (secondary N) is 1. The fraction of sp³-hybridized carbons (Fsp3) is 0.278. The number of carbonyl (C=O) groups is 1. The minimum Gasteiger partial charge on any atom is -0.378 e. The molecule has 0 atom stereocenters. The first kappa shape index (κ1) is 18.5. The van der Waals surface area contributed by atoms with Gasteiger partial charge in [-0.05, 0) is 35.9 Å². The van der Waals surface area contributed by atoms with Gasteiger partial charge in [0.25, 0.3) is 5.91 Å². The molecule has 1 heterocycles. The Kier molecular flexibility index (Phi) is 5.65. The van der Waals surface area contributed by atoms with E-state index in [9.17, 15) is 17.6 Å². The van der Waals surface area contributed by atoms with Crippen LogP contribution in [0, 0.1) is 5.82 Å². The van der Waals surface area contributed by atoms with Crippen LogP contribution in [-0.2, 0) is 21.3 Å². The van der Waals surface area contributed by atoms with E-state index in [4.69, 9.17) is 4.74 Å². The zero-order valence-electron chi connectivity index (χ0n) is 14.0. The summed E-state index contributed by atoms with van der Waals surface area (Å²) >= 11 is 0. The zero-order chi connectivity index (χ0) is 18.6. The van der Waals surface area contributed by atoms with E-state index >= 15 is 0 Å². The Bertz CT molecular complexity index is 878. The van der Waals surface area contributed by atoms with Crippen molar-refractivity contribution in [2.75, 3.05) is 26.3 Å². The van der Waals surface area contributed by atoms with Gasteiger partial charge in [0.15, 0.2) is 0 Å². The molecule has 0 aliphatic carbocycles. The number of carbonyl (C=O) groups excluding carboxylic acids is 1. The molecule has 1 aliphatic rings. The SMILES string of the molecule is O=C(c1cccc(S(=O)(=O)NCc2ccc(F)cc2)c1)N1CCOCC1. The van der Waals surface area contributed by atoms with E-state index in [1.54, 1.807) is 17.0 Å². The predicted molar refractivity (Wildman–Crippen MR) is 93.6 cm³/mol. The standard InChI is InChI=1S/C18H19FN2O4S/c19-16-6-4-14(5-7-16)13-20-26(23,24)17-3-1-2-15(12-17)18(22)21-8-10-25-11-9-21/h1-7,12,20H,8-11,13H2. The minimum atomic E-state index is -3.79. The van der Waals surface area contributed by atoms with Crippen LogP contribution in [0.25, 0.3) is 0 Å². The zero-order valence-corrected chi connectivity index (χ0v) is 14.8. The number of nitrogens with zero attached hydrogens (tertiary/aromatic N) is 1. The van der Waals surface area contributed by atoms with Gasteiger partial charge in [-0.25, -0.2) is 17.5 Å². The summed E-state index contributed by atoms with van der Waals surface area (Å²) in [6, 6.07) is 11.5. The number of morpholine rings is 1. The third-order valence-electron chi connectivity index (χ3n) is 4.07. The fourth-order valence-electron chi connectivity index (χ4n) is 2.61. The van der Waals surface area contributed by atoms with Crippen molar-refractivity contribution in [3.63, 3.8) is 0 Å². The monoisotopic (exact) mass is 378 g/mol. The van der Waals surface area contributed by atoms with E-state index in [2.05, 4.69) is 4.72 Å². The Hall–Kier alpha value is -2.29. The van der Waals surface area contributed by atoms with Crippen molar-refractivity contribution in [3.05, 3.63) is 65.5 Å². The van der Waals surface area contributed by atoms with Gasteiger partial charge in [-0.2, -0.15) is 0 Å². The molecule has 2 aromatic rings. The summed E-state index contributed by atoms with van der Waals surface area (Å²) in [5.74, 6) is -0.602. The van der Waals surface area contributed by atoms with Gasteiger partial charge in [0.2, 0.25) is 10.0 Å². The molecular weight excluding hydrogens is 359 g/mol. The van der Waals surface area contributed by atoms with Crippen LogP contribution >= 0.6 is 0 Å². The van der Waals surface area contributed by atoms with Crippen molar-refractivity contribution in [1.82, 2.24) is 9.62 Å². The van der Waals surface area contributed by atoms with Crippen LogP contribution < -0.4 is 4.72 Å². The summed E-state index contributed by atoms with van der Waals surface area (Å²) in [5.41, 5.74) is 0.951. The highest BCUT2D eigenvalue weighted by Gasteiger charge is 2.21. The van der Waals surface area contributed by atoms with Gasteiger partial charge in [-0.15, -0.1) is 0 Å². The first-order valence-electron chi connectivity index (χ1n) is 8.17. The van der Waals surface area contributed by atoms with E-state index in [-0.39, 0.29) is 23.2 Å². The molecule has 3 rings (SSSR count). The van der Waals surface area contributed by atoms with Gasteiger partial charge in [-0.3, -0.25) is 4.79 Å². The third kappa shape index (κ3) is 4.46. The molecule has 0 saturated carbocycles. The maximum absolute atomic E-state index is 12.9. The van der Waals surface area contributed by atoms with Gasteiger partial charge in [0, 0.05) is 25.2 Å². The van der Waals surface area contributed by atoms with Crippen LogP contribution in [0.4, 0.5) is 4.39 Å². The molecule has 6 nitrogen and oxygen atoms in total. The molecule has 26 heavy (non-hydrogen) atoms. The van der Waals surface area contributed by atoms with Crippen molar-refractivity contribution in [2.45, 2.75) is 11.4 Å². The summed E-state index contributed by atoms with van der Waals surface area (Å²) in [5, 5.41) is 0. The smallest absolute Gasteiger partial charge is 0.254 e. The summed E-state index contributed by atoms with van der Waals surface area (Å²) in [7, 11) is -3.79. The summed E-state index contributed by atoms with van der Waals surface area (Å²) in [6.45, 7) is 1.95. The Balaban J connectivity index is 1.73. The summed E-state index contributed by atoms with van der Waals surface area (Å²) in [6.07, 6.45) is 0. The van der Waals surface area contributed by atoms with E-state index in [0.717, 1.165) is 0 Å². The quantitative estimate of drug-likeness (QED) is 0.861. The third-order valence-corrected chi connectivity index (χ3v) is 5.47. The van der Waals surface area contributed by atoms with E-state index in [1.807, 2.05) is 0 Å². The Morgan fingerprint density at radius 3 is 2.50 bits per heavy atom. The molecule has 138 valence electrons. The number of hydrogen-bond acceptors (Lipinski definition) is 4. The van der Waals surface area contributed by atoms with Crippen LogP contribution in [0.3, 0.4) is 0 Å². The summed E-state index contributed by atoms with van der Waals surface area (Å²) in [4.78, 5) is 14.2. The number of benzene rings is 2. The van der Waals surface area contributed by atoms with Crippen LogP contribution in [0.15, 0.2) is 53.4 Å². The second kappa shape index (κ2) is 7.94. The van der Waals surface area contributed by atoms with Gasteiger partial charge >= 0.3 is 0 Å². The number of amides is 1. The highest BCUT2D eigenvalue weighted by atomic mass is 32.2. The first-order chi connectivity index (χ1) is 12.5. The molecule has 0 radical (unpaired) electrons. The highest BCUT2D eigenvalue weighted by Crippen LogP contribution is 2.15. The van der Waals surface area contributed by atoms with Crippen molar-refractivity contribution >= 4 is 15.9 Å². The van der Waals surface area contributed by atoms with Gasteiger partial charge < -0.3 is 9.64 Å². The molecule has 0 aromatic heterocycles. The molecule has 1 aliphatic heterocycles. The number of rotatable bonds is 5. The second-order valence-corrected chi connectivity index (χ2v) is 7.65. The molecular formula is C18H19FN2O4S. The van der Waals surface area contributed by atoms with Crippen LogP contribution in [0.1, 0.15) is 15.9 Å². The lowest BCUT2D eigenvalue weighted by molar-refractivity contribution is 0.0302. The van der Waals surface area contributed by atoms with Gasteiger partial charge in [0.05, 0.1) is 18.1 Å². The van der Waals surface area contributed by atoms with Gasteiger partial charge in [-0.1, -0.05) is 18.2 Å². The molecule has 1 saturated heterocycles. The Morgan fingerprint density at radius 1 is 1.12 bits per heavy atom. The molecule has 0 bridgehead atoms. The molecule has 0 spiro atoms. The largest absolute Gasteiger partial charge is 0.378 e. The molecule has 1 N–H and O–H groups in total. The van der Waals surface area contributed by atoms with Crippen molar-refractivity contribution in [3.8, 4) is 0 Å². The normalized spacial score (nSPS) is 15.0. The molecule has 8 heteroatoms. The predicted octanol–water partition coefficient (Wildman–Crippen LogP) is 1.78. The van der Waals surface area contributed by atoms with Crippen molar-refractivity contribution in [1.29, 1.82) is 0 Å². The van der Waals surface area contributed by atoms with Gasteiger partial charge in [0.1, 0.15) is 5.82 Å². The van der Waals surface area contributed by atoms with Crippen LogP contribution in [-0.4, -0.2) is 45.5 Å². The molecule has 1 fully saturated rings. The molecule has 2 aromatic carbocycles. The van der Waals surface area contributed by atoms with Crippen molar-refractivity contribution < 1.29 is 22.3 Å². The second-order valence-electron chi connectivity index (χ2n) is 5.88. The maximum atomic E-state index is 12.9. The van der Waals surface area contributed by atoms with E-state index < -0.39 is 10.0 Å². The lowest BCUT2D eigenvalue weighted by atomic mass is 10.2. The Morgan fingerprint density at radius 2 is 1.81 bits per heavy atom. The Labute approximate surface area is 151 Å². The molecule has 0 unspecified atom stereocenters. The lowest BCUT2D eigenvalue weighted by Crippen LogP contribution is -2.40. The number of halogens is 1. The number of ether oxygens (including phenoxy) is 1. The fourth-order valence-corrected chi connectivity index (χ4v) is 3.67. The minimum absolute atomic E-state index is 0.0127. The molecule has 1 amide bonds. The highest BCUT2D eigenvalue weighted by molar-refractivity contribution is 7.89. The average Bonchev–Trinajstić information content (AvgIpc) is 2.68. The van der Waals surface area contributed by atoms with Crippen LogP contribution in [0.5, 0.6) is 0 Å². The summed E-state index contributed by atoms with van der Waals surface area (Å²) < 4.78 is 45.6. The average molecular weight is 378 g/mol. The van der Waals surface area contributed by atoms with Crippen molar-refractivity contribution in [2.24, 2.45) is 0 Å². The first-order valence-corrected chi connectivity index (χ1v) is 9.65. The number of sulfonamides is 1. The lowest BCUT2D eigenvalue weighted by Gasteiger charge is -2.27. The maximum Gasteiger partial charge on any atom is 0.254 e. The number of hydrogen-bond donors (Lipinski definition) is 1. The van der Waals surface area contributed by atoms with E-state index in [1.165, 1.54) is 36.4 Å².